The average molecular weight is 437 g/mol. The summed E-state index contributed by atoms with van der Waals surface area (Å²) >= 11 is 0. The van der Waals surface area contributed by atoms with Gasteiger partial charge in [0.1, 0.15) is 0 Å². The van der Waals surface area contributed by atoms with E-state index in [1.54, 1.807) is 6.07 Å². The third-order valence-electron chi connectivity index (χ3n) is 5.75. The molecular weight excluding hydrogens is 405 g/mol. The van der Waals surface area contributed by atoms with Gasteiger partial charge in [0.05, 0.1) is 13.2 Å². The highest BCUT2D eigenvalue weighted by molar-refractivity contribution is 5.56. The summed E-state index contributed by atoms with van der Waals surface area (Å²) in [7, 11) is 0. The molecule has 0 aliphatic rings. The summed E-state index contributed by atoms with van der Waals surface area (Å²) in [6.07, 6.45) is -2.77. The van der Waals surface area contributed by atoms with Gasteiger partial charge in [-0.25, -0.2) is 0 Å². The molecule has 0 saturated heterocycles. The molecule has 0 saturated carbocycles. The molecule has 0 radical (unpaired) electrons. The zero-order valence-electron chi connectivity index (χ0n) is 18.2. The van der Waals surface area contributed by atoms with E-state index in [0.717, 1.165) is 46.7 Å². The fourth-order valence-corrected chi connectivity index (χ4v) is 3.54. The van der Waals surface area contributed by atoms with E-state index in [9.17, 15) is 28.5 Å². The van der Waals surface area contributed by atoms with Gasteiger partial charge in [0.25, 0.3) is 0 Å². The Labute approximate surface area is 181 Å². The monoisotopic (exact) mass is 436 g/mol. The lowest BCUT2D eigenvalue weighted by Gasteiger charge is -2.27. The lowest BCUT2D eigenvalue weighted by Crippen LogP contribution is -2.25. The fraction of sp³-hybridized carbons (Fsp3) is 0.440. The maximum absolute atomic E-state index is 12.5. The molecule has 0 heterocycles. The molecule has 0 aliphatic heterocycles. The third-order valence-corrected chi connectivity index (χ3v) is 5.75. The summed E-state index contributed by atoms with van der Waals surface area (Å²) < 4.78 is 37.6. The normalized spacial score (nSPS) is 13.7. The summed E-state index contributed by atoms with van der Waals surface area (Å²) in [6.45, 7) is 5.97. The Morgan fingerprint density at radius 1 is 0.935 bits per heavy atom. The van der Waals surface area contributed by atoms with Gasteiger partial charge in [0.15, 0.2) is 6.10 Å². The zero-order valence-corrected chi connectivity index (χ0v) is 18.2. The van der Waals surface area contributed by atoms with Gasteiger partial charge in [0.2, 0.25) is 0 Å². The molecule has 2 aromatic carbocycles. The number of benzene rings is 2. The Morgan fingerprint density at radius 2 is 1.61 bits per heavy atom. The van der Waals surface area contributed by atoms with Crippen LogP contribution in [0.15, 0.2) is 42.5 Å². The van der Waals surface area contributed by atoms with E-state index in [1.807, 2.05) is 37.3 Å². The number of aliphatic hydroxyl groups excluding tert-OH is 3. The van der Waals surface area contributed by atoms with Crippen molar-refractivity contribution in [2.45, 2.75) is 70.9 Å². The molecule has 0 fully saturated rings. The first-order valence-corrected chi connectivity index (χ1v) is 10.4. The molecule has 3 nitrogen and oxygen atoms in total. The second-order valence-corrected chi connectivity index (χ2v) is 8.42. The average Bonchev–Trinajstić information content (AvgIpc) is 2.74. The van der Waals surface area contributed by atoms with Gasteiger partial charge in [-0.05, 0) is 64.1 Å². The molecule has 170 valence electrons. The lowest BCUT2D eigenvalue weighted by atomic mass is 9.78. The van der Waals surface area contributed by atoms with Gasteiger partial charge in [-0.3, -0.25) is 0 Å². The van der Waals surface area contributed by atoms with Crippen LogP contribution in [0.3, 0.4) is 0 Å². The highest BCUT2D eigenvalue weighted by Crippen LogP contribution is 2.31. The summed E-state index contributed by atoms with van der Waals surface area (Å²) in [5.74, 6) is 0. The molecular formula is C25H31F3O3. The predicted molar refractivity (Wildman–Crippen MR) is 117 cm³/mol. The Morgan fingerprint density at radius 3 is 2.19 bits per heavy atom. The van der Waals surface area contributed by atoms with E-state index in [2.05, 4.69) is 13.8 Å². The van der Waals surface area contributed by atoms with Crippen LogP contribution in [0.25, 0.3) is 6.08 Å². The minimum atomic E-state index is -4.67. The van der Waals surface area contributed by atoms with Crippen LogP contribution in [-0.2, 0) is 31.5 Å². The summed E-state index contributed by atoms with van der Waals surface area (Å²) in [5.41, 5.74) is 5.02. The van der Waals surface area contributed by atoms with Crippen molar-refractivity contribution in [3.05, 3.63) is 75.9 Å². The number of hydrogen-bond acceptors (Lipinski definition) is 3. The molecule has 0 aliphatic carbocycles. The third kappa shape index (κ3) is 6.66. The molecule has 1 atom stereocenters. The quantitative estimate of drug-likeness (QED) is 0.514. The molecule has 0 aromatic heterocycles. The van der Waals surface area contributed by atoms with E-state index in [-0.39, 0.29) is 18.6 Å². The van der Waals surface area contributed by atoms with Crippen LogP contribution in [0, 0.1) is 0 Å². The number of rotatable bonds is 9. The van der Waals surface area contributed by atoms with E-state index in [0.29, 0.717) is 12.0 Å². The maximum Gasteiger partial charge on any atom is 0.417 e. The predicted octanol–water partition coefficient (Wildman–Crippen LogP) is 5.08. The number of aryl methyl sites for hydroxylation is 2. The van der Waals surface area contributed by atoms with Crippen LogP contribution in [-0.4, -0.2) is 27.6 Å². The van der Waals surface area contributed by atoms with Crippen molar-refractivity contribution in [3.63, 3.8) is 0 Å². The lowest BCUT2D eigenvalue weighted by molar-refractivity contribution is -0.187. The van der Waals surface area contributed by atoms with Gasteiger partial charge in [-0.15, -0.1) is 0 Å². The second-order valence-electron chi connectivity index (χ2n) is 8.42. The Bertz CT molecular complexity index is 901. The zero-order chi connectivity index (χ0) is 23.2. The fourth-order valence-electron chi connectivity index (χ4n) is 3.54. The molecule has 3 N–H and O–H groups in total. The van der Waals surface area contributed by atoms with Crippen molar-refractivity contribution in [2.24, 2.45) is 0 Å². The van der Waals surface area contributed by atoms with Crippen molar-refractivity contribution in [3.8, 4) is 0 Å². The van der Waals surface area contributed by atoms with Crippen molar-refractivity contribution in [1.82, 2.24) is 0 Å². The van der Waals surface area contributed by atoms with Gasteiger partial charge in [-0.2, -0.15) is 13.2 Å². The first kappa shape index (κ1) is 25.1. The SMILES string of the molecule is CCc1cc(C(C)(C)CCc2ccc(CO)c(CO)c2)ccc1C=CC(O)C(F)(F)F. The van der Waals surface area contributed by atoms with Crippen LogP contribution in [0.2, 0.25) is 0 Å². The summed E-state index contributed by atoms with van der Waals surface area (Å²) in [6, 6.07) is 11.5. The van der Waals surface area contributed by atoms with Crippen LogP contribution in [0.4, 0.5) is 13.2 Å². The highest BCUT2D eigenvalue weighted by Gasteiger charge is 2.36. The largest absolute Gasteiger partial charge is 0.417 e. The first-order chi connectivity index (χ1) is 14.5. The maximum atomic E-state index is 12.5. The molecule has 2 rings (SSSR count). The minimum Gasteiger partial charge on any atom is -0.392 e. The van der Waals surface area contributed by atoms with E-state index in [1.165, 1.54) is 6.08 Å². The summed E-state index contributed by atoms with van der Waals surface area (Å²) in [4.78, 5) is 0. The molecule has 6 heteroatoms. The van der Waals surface area contributed by atoms with Crippen LogP contribution >= 0.6 is 0 Å². The Kier molecular flexibility index (Phi) is 8.46. The van der Waals surface area contributed by atoms with Crippen LogP contribution in [0.5, 0.6) is 0 Å². The van der Waals surface area contributed by atoms with E-state index in [4.69, 9.17) is 0 Å². The molecule has 0 spiro atoms. The highest BCUT2D eigenvalue weighted by atomic mass is 19.4. The molecule has 0 bridgehead atoms. The van der Waals surface area contributed by atoms with Crippen molar-refractivity contribution >= 4 is 6.08 Å². The smallest absolute Gasteiger partial charge is 0.392 e. The number of halogens is 3. The van der Waals surface area contributed by atoms with Crippen molar-refractivity contribution < 1.29 is 28.5 Å². The summed E-state index contributed by atoms with van der Waals surface area (Å²) in [5, 5.41) is 28.0. The van der Waals surface area contributed by atoms with Crippen molar-refractivity contribution in [1.29, 1.82) is 0 Å². The topological polar surface area (TPSA) is 60.7 Å². The Balaban J connectivity index is 2.18. The Hall–Kier alpha value is -2.15. The van der Waals surface area contributed by atoms with Gasteiger partial charge in [0, 0.05) is 0 Å². The number of hydrogen-bond donors (Lipinski definition) is 3. The van der Waals surface area contributed by atoms with Gasteiger partial charge in [-0.1, -0.05) is 63.2 Å². The number of aliphatic hydroxyl groups is 3. The van der Waals surface area contributed by atoms with Crippen LogP contribution in [0.1, 0.15) is 60.6 Å². The van der Waals surface area contributed by atoms with Gasteiger partial charge >= 0.3 is 6.18 Å². The standard InChI is InChI=1S/C25H31F3O3/c1-4-18-14-22(9-7-19(18)8-10-23(31)25(26,27)28)24(2,3)12-11-17-5-6-20(15-29)21(13-17)16-30/h5-10,13-14,23,29-31H,4,11-12,15-16H2,1-3H3. The number of alkyl halides is 3. The minimum absolute atomic E-state index is 0.109. The van der Waals surface area contributed by atoms with Crippen molar-refractivity contribution in [2.75, 3.05) is 0 Å². The molecule has 2 aromatic rings. The second kappa shape index (κ2) is 10.4. The molecule has 31 heavy (non-hydrogen) atoms. The first-order valence-electron chi connectivity index (χ1n) is 10.4. The van der Waals surface area contributed by atoms with E-state index < -0.39 is 12.3 Å². The van der Waals surface area contributed by atoms with Gasteiger partial charge < -0.3 is 15.3 Å². The van der Waals surface area contributed by atoms with Crippen LogP contribution < -0.4 is 0 Å². The van der Waals surface area contributed by atoms with E-state index >= 15 is 0 Å². The molecule has 1 unspecified atom stereocenters. The molecule has 0 amide bonds.